The van der Waals surface area contributed by atoms with E-state index in [1.54, 1.807) is 4.90 Å². The number of amides is 2. The molecule has 1 aliphatic rings. The van der Waals surface area contributed by atoms with Crippen LogP contribution in [-0.4, -0.2) is 66.5 Å². The summed E-state index contributed by atoms with van der Waals surface area (Å²) in [6, 6.07) is 0. The summed E-state index contributed by atoms with van der Waals surface area (Å²) >= 11 is 0. The molecule has 2 amide bonds. The van der Waals surface area contributed by atoms with Gasteiger partial charge in [-0.1, -0.05) is 13.3 Å². The molecule has 0 saturated carbocycles. The Labute approximate surface area is 150 Å². The van der Waals surface area contributed by atoms with E-state index in [0.29, 0.717) is 39.1 Å². The Morgan fingerprint density at radius 1 is 1.24 bits per heavy atom. The largest absolute Gasteiger partial charge is 0.378 e. The Morgan fingerprint density at radius 3 is 2.56 bits per heavy atom. The summed E-state index contributed by atoms with van der Waals surface area (Å²) in [7, 11) is 1.86. The molecule has 1 aliphatic heterocycles. The minimum Gasteiger partial charge on any atom is -0.378 e. The quantitative estimate of drug-likeness (QED) is 0.821. The van der Waals surface area contributed by atoms with Gasteiger partial charge in [-0.25, -0.2) is 0 Å². The predicted molar refractivity (Wildman–Crippen MR) is 97.9 cm³/mol. The number of morpholine rings is 1. The van der Waals surface area contributed by atoms with E-state index in [1.165, 1.54) is 0 Å². The molecule has 2 rings (SSSR count). The van der Waals surface area contributed by atoms with Crippen LogP contribution in [0.5, 0.6) is 0 Å². The number of carbonyl (C=O) groups is 2. The maximum atomic E-state index is 12.8. The fraction of sp³-hybridized carbons (Fsp3) is 0.684. The molecule has 0 aliphatic carbocycles. The molecule has 2 heterocycles. The van der Waals surface area contributed by atoms with Crippen LogP contribution < -0.4 is 0 Å². The van der Waals surface area contributed by atoms with Gasteiger partial charge in [-0.05, 0) is 32.3 Å². The first-order valence-corrected chi connectivity index (χ1v) is 9.24. The topological polar surface area (TPSA) is 65.6 Å². The van der Waals surface area contributed by atoms with Crippen molar-refractivity contribution in [2.24, 2.45) is 0 Å². The second-order valence-corrected chi connectivity index (χ2v) is 6.80. The van der Waals surface area contributed by atoms with Crippen LogP contribution in [0.15, 0.2) is 0 Å². The first kappa shape index (κ1) is 19.5. The first-order chi connectivity index (χ1) is 12.0. The Hall–Kier alpha value is -1.82. The second-order valence-electron chi connectivity index (χ2n) is 6.80. The Kier molecular flexibility index (Phi) is 7.05. The summed E-state index contributed by atoms with van der Waals surface area (Å²) in [5, 5.41) is 0. The third kappa shape index (κ3) is 4.84. The molecule has 1 fully saturated rings. The van der Waals surface area contributed by atoms with Crippen molar-refractivity contribution >= 4 is 11.8 Å². The lowest BCUT2D eigenvalue weighted by Gasteiger charge is -2.27. The lowest BCUT2D eigenvalue weighted by molar-refractivity contribution is -0.129. The standard InChI is InChI=1S/C19H31N3O3/c1-5-6-9-21(4)17(23)8-7-16-14(2)18(15(3)20-16)19(24)22-10-12-25-13-11-22/h20H,5-13H2,1-4H3. The second kappa shape index (κ2) is 9.04. The molecular formula is C19H31N3O3. The molecule has 1 saturated heterocycles. The van der Waals surface area contributed by atoms with Crippen molar-refractivity contribution in [3.05, 3.63) is 22.5 Å². The number of ether oxygens (including phenoxy) is 1. The number of rotatable bonds is 7. The highest BCUT2D eigenvalue weighted by Crippen LogP contribution is 2.21. The fourth-order valence-corrected chi connectivity index (χ4v) is 3.25. The number of nitrogens with zero attached hydrogens (tertiary/aromatic N) is 2. The minimum atomic E-state index is 0.0622. The minimum absolute atomic E-state index is 0.0622. The molecule has 1 N–H and O–H groups in total. The monoisotopic (exact) mass is 349 g/mol. The van der Waals surface area contributed by atoms with E-state index >= 15 is 0 Å². The van der Waals surface area contributed by atoms with Crippen molar-refractivity contribution in [1.82, 2.24) is 14.8 Å². The van der Waals surface area contributed by atoms with Crippen LogP contribution in [0.4, 0.5) is 0 Å². The number of unbranched alkanes of at least 4 members (excludes halogenated alkanes) is 1. The summed E-state index contributed by atoms with van der Waals surface area (Å²) in [5.41, 5.74) is 3.60. The van der Waals surface area contributed by atoms with Crippen LogP contribution in [0.1, 0.15) is 53.5 Å². The number of H-pyrrole nitrogens is 1. The number of hydrogen-bond acceptors (Lipinski definition) is 3. The first-order valence-electron chi connectivity index (χ1n) is 9.24. The molecule has 0 radical (unpaired) electrons. The van der Waals surface area contributed by atoms with Gasteiger partial charge in [-0.15, -0.1) is 0 Å². The molecule has 1 aromatic rings. The van der Waals surface area contributed by atoms with E-state index < -0.39 is 0 Å². The highest BCUT2D eigenvalue weighted by atomic mass is 16.5. The molecule has 0 aromatic carbocycles. The molecule has 0 spiro atoms. The zero-order chi connectivity index (χ0) is 18.4. The van der Waals surface area contributed by atoms with Gasteiger partial charge < -0.3 is 19.5 Å². The van der Waals surface area contributed by atoms with Gasteiger partial charge in [0.15, 0.2) is 0 Å². The van der Waals surface area contributed by atoms with E-state index in [1.807, 2.05) is 25.8 Å². The van der Waals surface area contributed by atoms with Crippen molar-refractivity contribution in [1.29, 1.82) is 0 Å². The molecule has 0 bridgehead atoms. The third-order valence-electron chi connectivity index (χ3n) is 4.91. The van der Waals surface area contributed by atoms with Gasteiger partial charge in [-0.2, -0.15) is 0 Å². The van der Waals surface area contributed by atoms with Crippen molar-refractivity contribution in [2.45, 2.75) is 46.5 Å². The number of aromatic nitrogens is 1. The van der Waals surface area contributed by atoms with Gasteiger partial charge in [-0.3, -0.25) is 9.59 Å². The number of aromatic amines is 1. The highest BCUT2D eigenvalue weighted by Gasteiger charge is 2.24. The normalized spacial score (nSPS) is 14.6. The Bertz CT molecular complexity index is 603. The van der Waals surface area contributed by atoms with Crippen LogP contribution in [0.2, 0.25) is 0 Å². The SMILES string of the molecule is CCCCN(C)C(=O)CCc1[nH]c(C)c(C(=O)N2CCOCC2)c1C. The third-order valence-corrected chi connectivity index (χ3v) is 4.91. The van der Waals surface area contributed by atoms with Gasteiger partial charge in [0.25, 0.3) is 5.91 Å². The van der Waals surface area contributed by atoms with Gasteiger partial charge in [0.1, 0.15) is 0 Å². The molecule has 25 heavy (non-hydrogen) atoms. The summed E-state index contributed by atoms with van der Waals surface area (Å²) in [6.45, 7) is 9.30. The maximum Gasteiger partial charge on any atom is 0.256 e. The smallest absolute Gasteiger partial charge is 0.256 e. The van der Waals surface area contributed by atoms with Gasteiger partial charge in [0, 0.05) is 44.5 Å². The van der Waals surface area contributed by atoms with Crippen LogP contribution >= 0.6 is 0 Å². The van der Waals surface area contributed by atoms with Gasteiger partial charge in [0.2, 0.25) is 5.91 Å². The van der Waals surface area contributed by atoms with Crippen molar-refractivity contribution in [3.63, 3.8) is 0 Å². The molecule has 140 valence electrons. The average molecular weight is 349 g/mol. The fourth-order valence-electron chi connectivity index (χ4n) is 3.25. The molecular weight excluding hydrogens is 318 g/mol. The van der Waals surface area contributed by atoms with E-state index in [0.717, 1.165) is 41.9 Å². The van der Waals surface area contributed by atoms with Gasteiger partial charge >= 0.3 is 0 Å². The number of aryl methyl sites for hydroxylation is 2. The number of hydrogen-bond donors (Lipinski definition) is 1. The molecule has 1 aromatic heterocycles. The van der Waals surface area contributed by atoms with Crippen molar-refractivity contribution in [3.8, 4) is 0 Å². The highest BCUT2D eigenvalue weighted by molar-refractivity contribution is 5.97. The summed E-state index contributed by atoms with van der Waals surface area (Å²) in [4.78, 5) is 32.0. The number of carbonyl (C=O) groups excluding carboxylic acids is 2. The van der Waals surface area contributed by atoms with Crippen LogP contribution in [-0.2, 0) is 16.0 Å². The van der Waals surface area contributed by atoms with E-state index in [9.17, 15) is 9.59 Å². The maximum absolute atomic E-state index is 12.8. The van der Waals surface area contributed by atoms with Crippen LogP contribution in [0, 0.1) is 13.8 Å². The van der Waals surface area contributed by atoms with Crippen LogP contribution in [0.25, 0.3) is 0 Å². The van der Waals surface area contributed by atoms with E-state index in [2.05, 4.69) is 11.9 Å². The zero-order valence-corrected chi connectivity index (χ0v) is 16.0. The van der Waals surface area contributed by atoms with E-state index in [4.69, 9.17) is 4.74 Å². The van der Waals surface area contributed by atoms with E-state index in [-0.39, 0.29) is 11.8 Å². The van der Waals surface area contributed by atoms with Crippen molar-refractivity contribution < 1.29 is 14.3 Å². The Balaban J connectivity index is 2.01. The summed E-state index contributed by atoms with van der Waals surface area (Å²) in [5.74, 6) is 0.216. The number of nitrogens with one attached hydrogen (secondary N) is 1. The summed E-state index contributed by atoms with van der Waals surface area (Å²) < 4.78 is 5.32. The van der Waals surface area contributed by atoms with Crippen molar-refractivity contribution in [2.75, 3.05) is 39.9 Å². The Morgan fingerprint density at radius 2 is 1.92 bits per heavy atom. The molecule has 6 nitrogen and oxygen atoms in total. The zero-order valence-electron chi connectivity index (χ0n) is 16.0. The van der Waals surface area contributed by atoms with Gasteiger partial charge in [0.05, 0.1) is 18.8 Å². The molecule has 0 atom stereocenters. The van der Waals surface area contributed by atoms with Crippen LogP contribution in [0.3, 0.4) is 0 Å². The molecule has 6 heteroatoms. The predicted octanol–water partition coefficient (Wildman–Crippen LogP) is 2.30. The molecule has 0 unspecified atom stereocenters. The lowest BCUT2D eigenvalue weighted by Crippen LogP contribution is -2.41. The summed E-state index contributed by atoms with van der Waals surface area (Å²) in [6.07, 6.45) is 3.21. The average Bonchev–Trinajstić information content (AvgIpc) is 2.91. The lowest BCUT2D eigenvalue weighted by atomic mass is 10.1.